The van der Waals surface area contributed by atoms with Gasteiger partial charge in [0.1, 0.15) is 0 Å². The van der Waals surface area contributed by atoms with Crippen LogP contribution in [0.3, 0.4) is 0 Å². The first-order chi connectivity index (χ1) is 13.5. The lowest BCUT2D eigenvalue weighted by Gasteiger charge is -2.27. The first-order valence-corrected chi connectivity index (χ1v) is 11.0. The molecule has 0 bridgehead atoms. The fourth-order valence-electron chi connectivity index (χ4n) is 4.97. The lowest BCUT2D eigenvalue weighted by atomic mass is 9.82. The van der Waals surface area contributed by atoms with Crippen LogP contribution in [0, 0.1) is 23.7 Å². The van der Waals surface area contributed by atoms with Gasteiger partial charge in [0.25, 0.3) is 0 Å². The number of hydrogen-bond donors (Lipinski definition) is 2. The number of carboxylic acid groups (broad SMARTS) is 2. The van der Waals surface area contributed by atoms with E-state index in [2.05, 4.69) is 12.4 Å². The highest BCUT2D eigenvalue weighted by atomic mass is 16.4. The van der Waals surface area contributed by atoms with Gasteiger partial charge in [0.15, 0.2) is 0 Å². The molecule has 0 aromatic carbocycles. The van der Waals surface area contributed by atoms with Gasteiger partial charge in [-0.1, -0.05) is 6.42 Å². The van der Waals surface area contributed by atoms with E-state index in [1.165, 1.54) is 19.3 Å². The third kappa shape index (κ3) is 6.14. The van der Waals surface area contributed by atoms with Gasteiger partial charge in [-0.25, -0.2) is 0 Å². The molecule has 28 heavy (non-hydrogen) atoms. The van der Waals surface area contributed by atoms with Gasteiger partial charge in [0.05, 0.1) is 11.8 Å². The number of nitrogens with zero attached hydrogens (tertiary/aromatic N) is 2. The van der Waals surface area contributed by atoms with Crippen LogP contribution in [0.4, 0.5) is 0 Å². The van der Waals surface area contributed by atoms with Crippen molar-refractivity contribution in [2.24, 2.45) is 33.7 Å². The maximum Gasteiger partial charge on any atom is 0.306 e. The molecule has 0 amide bonds. The molecular formula is C22H34N2O4. The zero-order valence-corrected chi connectivity index (χ0v) is 16.7. The van der Waals surface area contributed by atoms with Crippen molar-refractivity contribution >= 4 is 24.4 Å². The third-order valence-electron chi connectivity index (χ3n) is 6.86. The van der Waals surface area contributed by atoms with Gasteiger partial charge in [-0.3, -0.25) is 19.6 Å². The van der Waals surface area contributed by atoms with E-state index >= 15 is 0 Å². The normalized spacial score (nSPS) is 37.3. The van der Waals surface area contributed by atoms with Crippen molar-refractivity contribution in [3.63, 3.8) is 0 Å². The summed E-state index contributed by atoms with van der Waals surface area (Å²) < 4.78 is 0. The van der Waals surface area contributed by atoms with Crippen molar-refractivity contribution in [2.45, 2.75) is 89.1 Å². The Labute approximate surface area is 167 Å². The average molecular weight is 391 g/mol. The molecule has 3 saturated carbocycles. The van der Waals surface area contributed by atoms with Crippen molar-refractivity contribution in [2.75, 3.05) is 0 Å². The van der Waals surface area contributed by atoms with Crippen LogP contribution >= 0.6 is 0 Å². The SMILES string of the molecule is O=C(O)C1CCC(N=CC2CCCC(C=NC3CCC(C(=O)O)CC3)C2)CC1. The average Bonchev–Trinajstić information content (AvgIpc) is 2.71. The molecule has 6 heteroatoms. The predicted molar refractivity (Wildman–Crippen MR) is 109 cm³/mol. The van der Waals surface area contributed by atoms with Crippen LogP contribution in [0.1, 0.15) is 77.0 Å². The van der Waals surface area contributed by atoms with Crippen LogP contribution in [-0.2, 0) is 9.59 Å². The minimum absolute atomic E-state index is 0.174. The van der Waals surface area contributed by atoms with Crippen molar-refractivity contribution < 1.29 is 19.8 Å². The van der Waals surface area contributed by atoms with Gasteiger partial charge in [-0.05, 0) is 82.5 Å². The van der Waals surface area contributed by atoms with Crippen molar-refractivity contribution in [3.05, 3.63) is 0 Å². The summed E-state index contributed by atoms with van der Waals surface area (Å²) in [4.78, 5) is 31.7. The molecule has 0 saturated heterocycles. The lowest BCUT2D eigenvalue weighted by molar-refractivity contribution is -0.143. The van der Waals surface area contributed by atoms with Gasteiger partial charge in [0.2, 0.25) is 0 Å². The molecule has 3 aliphatic rings. The predicted octanol–water partition coefficient (Wildman–Crippen LogP) is 4.22. The number of aliphatic imine (C=N–C) groups is 2. The van der Waals surface area contributed by atoms with Crippen molar-refractivity contribution in [1.29, 1.82) is 0 Å². The van der Waals surface area contributed by atoms with Crippen LogP contribution in [0.2, 0.25) is 0 Å². The molecule has 3 rings (SSSR count). The van der Waals surface area contributed by atoms with E-state index < -0.39 is 11.9 Å². The second-order valence-electron chi connectivity index (χ2n) is 8.97. The molecule has 2 unspecified atom stereocenters. The summed E-state index contributed by atoms with van der Waals surface area (Å²) in [5.74, 6) is -0.656. The van der Waals surface area contributed by atoms with E-state index in [1.807, 2.05) is 0 Å². The van der Waals surface area contributed by atoms with Crippen molar-refractivity contribution in [1.82, 2.24) is 0 Å². The fraction of sp³-hybridized carbons (Fsp3) is 0.818. The Hall–Kier alpha value is -1.72. The van der Waals surface area contributed by atoms with Crippen LogP contribution in [0.25, 0.3) is 0 Å². The Bertz CT molecular complexity index is 537. The zero-order chi connectivity index (χ0) is 19.9. The zero-order valence-electron chi connectivity index (χ0n) is 16.7. The molecule has 0 heterocycles. The topological polar surface area (TPSA) is 99.3 Å². The smallest absolute Gasteiger partial charge is 0.306 e. The molecular weight excluding hydrogens is 356 g/mol. The first-order valence-electron chi connectivity index (χ1n) is 11.0. The Kier molecular flexibility index (Phi) is 7.63. The molecule has 2 N–H and O–H groups in total. The Morgan fingerprint density at radius 2 is 1.04 bits per heavy atom. The minimum Gasteiger partial charge on any atom is -0.481 e. The summed E-state index contributed by atoms with van der Waals surface area (Å²) >= 11 is 0. The molecule has 0 aromatic rings. The maximum absolute atomic E-state index is 11.0. The number of rotatable bonds is 6. The van der Waals surface area contributed by atoms with E-state index in [0.717, 1.165) is 57.8 Å². The summed E-state index contributed by atoms with van der Waals surface area (Å²) in [6.45, 7) is 0. The Morgan fingerprint density at radius 3 is 1.39 bits per heavy atom. The van der Waals surface area contributed by atoms with Gasteiger partial charge < -0.3 is 10.2 Å². The summed E-state index contributed by atoms with van der Waals surface area (Å²) in [5.41, 5.74) is 0. The highest BCUT2D eigenvalue weighted by molar-refractivity contribution is 5.70. The second kappa shape index (κ2) is 10.2. The standard InChI is InChI=1S/C22H34N2O4/c25-21(26)17-4-8-19(9-5-17)23-13-15-2-1-3-16(12-15)14-24-20-10-6-18(7-11-20)22(27)28/h13-20H,1-12H2,(H,25,26)(H,27,28). The number of hydrogen-bond acceptors (Lipinski definition) is 4. The summed E-state index contributed by atoms with van der Waals surface area (Å²) in [6.07, 6.45) is 15.5. The molecule has 0 aromatic heterocycles. The van der Waals surface area contributed by atoms with Gasteiger partial charge in [-0.15, -0.1) is 0 Å². The molecule has 156 valence electrons. The summed E-state index contributed by atoms with van der Waals surface area (Å²) in [6, 6.07) is 0.600. The monoisotopic (exact) mass is 390 g/mol. The van der Waals surface area contributed by atoms with Gasteiger partial charge in [0, 0.05) is 24.5 Å². The van der Waals surface area contributed by atoms with Crippen LogP contribution in [0.5, 0.6) is 0 Å². The maximum atomic E-state index is 11.0. The number of carboxylic acids is 2. The van der Waals surface area contributed by atoms with Gasteiger partial charge in [-0.2, -0.15) is 0 Å². The number of carbonyl (C=O) groups is 2. The number of aliphatic carboxylic acids is 2. The first kappa shape index (κ1) is 21.0. The molecule has 6 nitrogen and oxygen atoms in total. The van der Waals surface area contributed by atoms with Crippen molar-refractivity contribution in [3.8, 4) is 0 Å². The van der Waals surface area contributed by atoms with E-state index in [1.54, 1.807) is 0 Å². The largest absolute Gasteiger partial charge is 0.481 e. The van der Waals surface area contributed by atoms with Crippen LogP contribution in [-0.4, -0.2) is 46.7 Å². The van der Waals surface area contributed by atoms with E-state index in [9.17, 15) is 9.59 Å². The molecule has 2 atom stereocenters. The molecule has 3 fully saturated rings. The quantitative estimate of drug-likeness (QED) is 0.663. The molecule has 3 aliphatic carbocycles. The Morgan fingerprint density at radius 1 is 0.643 bits per heavy atom. The van der Waals surface area contributed by atoms with Gasteiger partial charge >= 0.3 is 11.9 Å². The lowest BCUT2D eigenvalue weighted by Crippen LogP contribution is -2.25. The highest BCUT2D eigenvalue weighted by Crippen LogP contribution is 2.30. The molecule has 0 radical (unpaired) electrons. The third-order valence-corrected chi connectivity index (χ3v) is 6.86. The van der Waals surface area contributed by atoms with E-state index in [4.69, 9.17) is 20.2 Å². The summed E-state index contributed by atoms with van der Waals surface area (Å²) in [7, 11) is 0. The second-order valence-corrected chi connectivity index (χ2v) is 8.97. The summed E-state index contributed by atoms with van der Waals surface area (Å²) in [5, 5.41) is 18.2. The minimum atomic E-state index is -0.659. The molecule has 0 aliphatic heterocycles. The highest BCUT2D eigenvalue weighted by Gasteiger charge is 2.27. The fourth-order valence-corrected chi connectivity index (χ4v) is 4.97. The molecule has 0 spiro atoms. The van der Waals surface area contributed by atoms with E-state index in [0.29, 0.717) is 23.9 Å². The Balaban J connectivity index is 1.40. The van der Waals surface area contributed by atoms with Crippen LogP contribution < -0.4 is 0 Å². The van der Waals surface area contributed by atoms with Crippen LogP contribution in [0.15, 0.2) is 9.98 Å². The van der Waals surface area contributed by atoms with E-state index in [-0.39, 0.29) is 11.8 Å².